The van der Waals surface area contributed by atoms with Crippen LogP contribution in [0, 0.1) is 0 Å². The van der Waals surface area contributed by atoms with Gasteiger partial charge in [-0.1, -0.05) is 0 Å². The zero-order chi connectivity index (χ0) is 34.3. The molecular weight excluding hydrogens is 636 g/mol. The Bertz CT molecular complexity index is 1640. The summed E-state index contributed by atoms with van der Waals surface area (Å²) in [6, 6.07) is 4.79. The number of phenolic OH excluding ortho intramolecular Hbond substituents is 3. The van der Waals surface area contributed by atoms with Crippen molar-refractivity contribution in [1.82, 2.24) is 0 Å². The van der Waals surface area contributed by atoms with E-state index in [-0.39, 0.29) is 28.4 Å². The predicted molar refractivity (Wildman–Crippen MR) is 153 cm³/mol. The molecule has 47 heavy (non-hydrogen) atoms. The van der Waals surface area contributed by atoms with Gasteiger partial charge in [0.2, 0.25) is 23.2 Å². The minimum absolute atomic E-state index is 0.0467. The summed E-state index contributed by atoms with van der Waals surface area (Å²) in [5.41, 5.74) is -1.32. The molecule has 2 aromatic carbocycles. The molecule has 2 aliphatic heterocycles. The van der Waals surface area contributed by atoms with Crippen LogP contribution in [0.2, 0.25) is 0 Å². The van der Waals surface area contributed by atoms with Gasteiger partial charge >= 0.3 is 0 Å². The van der Waals surface area contributed by atoms with E-state index in [9.17, 15) is 55.9 Å². The Morgan fingerprint density at radius 3 is 2.02 bits per heavy atom. The first-order valence-electron chi connectivity index (χ1n) is 14.1. The topological polar surface area (TPSA) is 288 Å². The summed E-state index contributed by atoms with van der Waals surface area (Å²) in [7, 11) is 2.39. The van der Waals surface area contributed by atoms with Crippen molar-refractivity contribution in [2.45, 2.75) is 61.4 Å². The van der Waals surface area contributed by atoms with Crippen molar-refractivity contribution < 1.29 is 83.9 Å². The molecule has 2 saturated heterocycles. The molecule has 1 aromatic heterocycles. The minimum Gasteiger partial charge on any atom is -0.504 e. The van der Waals surface area contributed by atoms with Crippen LogP contribution in [0.15, 0.2) is 33.5 Å². The second kappa shape index (κ2) is 13.6. The molecule has 18 heteroatoms. The van der Waals surface area contributed by atoms with Crippen molar-refractivity contribution >= 4 is 11.0 Å². The summed E-state index contributed by atoms with van der Waals surface area (Å²) >= 11 is 0. The number of hydrogen-bond acceptors (Lipinski definition) is 18. The number of benzene rings is 2. The number of phenols is 3. The molecule has 0 saturated carbocycles. The molecule has 0 radical (unpaired) electrons. The Balaban J connectivity index is 1.52. The molecule has 0 amide bonds. The highest BCUT2D eigenvalue weighted by molar-refractivity contribution is 5.91. The van der Waals surface area contributed by atoms with E-state index in [2.05, 4.69) is 0 Å². The average Bonchev–Trinajstić information content (AvgIpc) is 3.05. The lowest BCUT2D eigenvalue weighted by Crippen LogP contribution is -2.62. The van der Waals surface area contributed by atoms with Gasteiger partial charge in [-0.3, -0.25) is 4.79 Å². The van der Waals surface area contributed by atoms with Gasteiger partial charge in [-0.2, -0.15) is 0 Å². The number of aliphatic hydroxyl groups is 7. The van der Waals surface area contributed by atoms with Gasteiger partial charge in [-0.05, 0) is 18.2 Å². The average molecular weight is 671 g/mol. The van der Waals surface area contributed by atoms with Crippen LogP contribution in [-0.4, -0.2) is 140 Å². The zero-order valence-corrected chi connectivity index (χ0v) is 24.7. The lowest BCUT2D eigenvalue weighted by atomic mass is 9.98. The summed E-state index contributed by atoms with van der Waals surface area (Å²) in [5.74, 6) is -3.24. The van der Waals surface area contributed by atoms with E-state index in [0.29, 0.717) is 0 Å². The summed E-state index contributed by atoms with van der Waals surface area (Å²) in [4.78, 5) is 13.9. The molecule has 10 N–H and O–H groups in total. The maximum atomic E-state index is 13.9. The lowest BCUT2D eigenvalue weighted by Gasteiger charge is -2.42. The van der Waals surface area contributed by atoms with Crippen molar-refractivity contribution in [2.24, 2.45) is 0 Å². The molecule has 3 aromatic rings. The normalized spacial score (nSPS) is 31.1. The van der Waals surface area contributed by atoms with Gasteiger partial charge in [0, 0.05) is 11.6 Å². The fourth-order valence-electron chi connectivity index (χ4n) is 5.27. The van der Waals surface area contributed by atoms with Crippen molar-refractivity contribution in [3.05, 3.63) is 34.5 Å². The molecular formula is C29H34O18. The highest BCUT2D eigenvalue weighted by Gasteiger charge is 2.48. The largest absolute Gasteiger partial charge is 0.504 e. The molecule has 0 aliphatic carbocycles. The van der Waals surface area contributed by atoms with E-state index in [4.69, 9.17) is 32.8 Å². The number of methoxy groups -OCH3 is 2. The van der Waals surface area contributed by atoms with Crippen LogP contribution >= 0.6 is 0 Å². The summed E-state index contributed by atoms with van der Waals surface area (Å²) < 4.78 is 38.1. The van der Waals surface area contributed by atoms with Crippen LogP contribution < -0.4 is 19.6 Å². The van der Waals surface area contributed by atoms with Gasteiger partial charge < -0.3 is 83.9 Å². The number of hydrogen-bond donors (Lipinski definition) is 10. The number of aliphatic hydroxyl groups excluding tert-OH is 7. The van der Waals surface area contributed by atoms with E-state index >= 15 is 0 Å². The quantitative estimate of drug-likeness (QED) is 0.113. The SMILES string of the molecule is COc1cc(-c2oc3cc(O)c(OC)c(O)c3c(=O)c2O[C@H]2O[C@H](CO[C@H]3O[C@H](CO)[C@@H](O)[C@H](O)[C@H]3O)[C@@H](O)[C@H](O)[C@H]2O)ccc1O. The van der Waals surface area contributed by atoms with Gasteiger partial charge in [0.1, 0.15) is 59.8 Å². The number of ether oxygens (including phenoxy) is 6. The first-order chi connectivity index (χ1) is 22.3. The smallest absolute Gasteiger partial charge is 0.239 e. The van der Waals surface area contributed by atoms with E-state index < -0.39 is 108 Å². The summed E-state index contributed by atoms with van der Waals surface area (Å²) in [5, 5.41) is 102. The third-order valence-electron chi connectivity index (χ3n) is 7.87. The van der Waals surface area contributed by atoms with Crippen molar-refractivity contribution in [3.8, 4) is 45.8 Å². The summed E-state index contributed by atoms with van der Waals surface area (Å²) in [6.07, 6.45) is -17.5. The van der Waals surface area contributed by atoms with Gasteiger partial charge in [-0.25, -0.2) is 0 Å². The maximum absolute atomic E-state index is 13.9. The van der Waals surface area contributed by atoms with Crippen molar-refractivity contribution in [1.29, 1.82) is 0 Å². The predicted octanol–water partition coefficient (Wildman–Crippen LogP) is -2.40. The van der Waals surface area contributed by atoms with E-state index in [1.165, 1.54) is 25.3 Å². The van der Waals surface area contributed by atoms with Crippen LogP contribution in [0.3, 0.4) is 0 Å². The standard InChI is InChI=1S/C29H34O18/c1-41-12-5-9(3-4-10(12)31)25-27(20(36)16-13(44-25)6-11(32)26(42-2)19(16)35)47-29-24(40)22(38)18(34)15(46-29)8-43-28-23(39)21(37)17(33)14(7-30)45-28/h3-6,14-15,17-18,21-24,28-35,37-40H,7-8H2,1-2H3/t14-,15-,17-,18-,21+,22+,23-,24-,28+,29-/m1/s1. The van der Waals surface area contributed by atoms with Crippen molar-refractivity contribution in [2.75, 3.05) is 27.4 Å². The minimum atomic E-state index is -2.01. The third kappa shape index (κ3) is 6.23. The van der Waals surface area contributed by atoms with Gasteiger partial charge in [0.25, 0.3) is 0 Å². The molecule has 5 rings (SSSR count). The Hall–Kier alpha value is -3.95. The second-order valence-corrected chi connectivity index (χ2v) is 10.8. The van der Waals surface area contributed by atoms with Crippen LogP contribution in [0.4, 0.5) is 0 Å². The Labute approximate surface area is 264 Å². The van der Waals surface area contributed by atoms with Crippen LogP contribution in [0.1, 0.15) is 0 Å². The molecule has 2 fully saturated rings. The van der Waals surface area contributed by atoms with Crippen molar-refractivity contribution in [3.63, 3.8) is 0 Å². The Morgan fingerprint density at radius 2 is 1.38 bits per heavy atom. The van der Waals surface area contributed by atoms with Crippen LogP contribution in [0.5, 0.6) is 34.5 Å². The first kappa shape index (κ1) is 34.4. The molecule has 18 nitrogen and oxygen atoms in total. The number of aromatic hydroxyl groups is 3. The lowest BCUT2D eigenvalue weighted by molar-refractivity contribution is -0.323. The monoisotopic (exact) mass is 670 g/mol. The van der Waals surface area contributed by atoms with E-state index in [1.807, 2.05) is 0 Å². The molecule has 10 atom stereocenters. The number of fused-ring (bicyclic) bond motifs is 1. The maximum Gasteiger partial charge on any atom is 0.239 e. The fraction of sp³-hybridized carbons (Fsp3) is 0.483. The molecule has 0 unspecified atom stereocenters. The Morgan fingerprint density at radius 1 is 0.745 bits per heavy atom. The molecule has 0 bridgehead atoms. The third-order valence-corrected chi connectivity index (χ3v) is 7.87. The van der Waals surface area contributed by atoms with Gasteiger partial charge in [0.15, 0.2) is 35.0 Å². The Kier molecular flexibility index (Phi) is 9.99. The molecule has 2 aliphatic rings. The highest BCUT2D eigenvalue weighted by Crippen LogP contribution is 2.44. The second-order valence-electron chi connectivity index (χ2n) is 10.8. The molecule has 0 spiro atoms. The van der Waals surface area contributed by atoms with Crippen LogP contribution in [0.25, 0.3) is 22.3 Å². The zero-order valence-electron chi connectivity index (χ0n) is 24.7. The number of rotatable bonds is 9. The highest BCUT2D eigenvalue weighted by atomic mass is 16.7. The van der Waals surface area contributed by atoms with Crippen LogP contribution in [-0.2, 0) is 14.2 Å². The summed E-state index contributed by atoms with van der Waals surface area (Å²) in [6.45, 7) is -1.42. The van der Waals surface area contributed by atoms with Gasteiger partial charge in [-0.15, -0.1) is 0 Å². The molecule has 258 valence electrons. The van der Waals surface area contributed by atoms with E-state index in [0.717, 1.165) is 13.2 Å². The van der Waals surface area contributed by atoms with Gasteiger partial charge in [0.05, 0.1) is 27.4 Å². The molecule has 3 heterocycles. The first-order valence-corrected chi connectivity index (χ1v) is 14.1. The van der Waals surface area contributed by atoms with E-state index in [1.54, 1.807) is 0 Å². The fourth-order valence-corrected chi connectivity index (χ4v) is 5.27.